The molecule has 0 aromatic rings. The number of alkyl halides is 1. The van der Waals surface area contributed by atoms with E-state index >= 15 is 0 Å². The molecule has 0 saturated heterocycles. The number of aliphatic hydroxyl groups excluding tert-OH is 1. The van der Waals surface area contributed by atoms with Gasteiger partial charge in [-0.1, -0.05) is 19.9 Å². The second-order valence-corrected chi connectivity index (χ2v) is 9.09. The molecule has 22 heavy (non-hydrogen) atoms. The van der Waals surface area contributed by atoms with Crippen molar-refractivity contribution in [3.63, 3.8) is 0 Å². The van der Waals surface area contributed by atoms with Crippen LogP contribution in [0.4, 0.5) is 0 Å². The van der Waals surface area contributed by atoms with Crippen molar-refractivity contribution in [3.05, 3.63) is 11.6 Å². The van der Waals surface area contributed by atoms with Crippen LogP contribution < -0.4 is 0 Å². The summed E-state index contributed by atoms with van der Waals surface area (Å²) in [5, 5.41) is 9.93. The highest BCUT2D eigenvalue weighted by Crippen LogP contribution is 2.64. The van der Waals surface area contributed by atoms with E-state index in [2.05, 4.69) is 19.9 Å². The van der Waals surface area contributed by atoms with Crippen LogP contribution in [0.5, 0.6) is 0 Å². The maximum atomic E-state index is 12.4. The standard InChI is InChI=1S/C19H27ClO2/c1-18-10-8-15(21)17(20)14(18)4-3-11-12-5-6-16(22)19(12,2)9-7-13(11)18/h4,11-13,15,17,21H,3,5-10H2,1-2H3/t11-,12-,13+,15?,17?,18+,19-/m0/s1. The number of fused-ring (bicyclic) bond motifs is 5. The Morgan fingerprint density at radius 3 is 2.59 bits per heavy atom. The minimum atomic E-state index is -0.389. The smallest absolute Gasteiger partial charge is 0.139 e. The molecular weight excluding hydrogens is 296 g/mol. The molecule has 0 aromatic heterocycles. The molecule has 3 fully saturated rings. The summed E-state index contributed by atoms with van der Waals surface area (Å²) in [5.41, 5.74) is 1.38. The molecule has 3 heteroatoms. The zero-order valence-electron chi connectivity index (χ0n) is 13.6. The van der Waals surface area contributed by atoms with Crippen molar-refractivity contribution in [3.8, 4) is 0 Å². The summed E-state index contributed by atoms with van der Waals surface area (Å²) in [6.45, 7) is 4.59. The van der Waals surface area contributed by atoms with Crippen molar-refractivity contribution >= 4 is 17.4 Å². The zero-order valence-corrected chi connectivity index (χ0v) is 14.4. The summed E-state index contributed by atoms with van der Waals surface area (Å²) in [5.74, 6) is 2.35. The quantitative estimate of drug-likeness (QED) is 0.538. The van der Waals surface area contributed by atoms with E-state index in [9.17, 15) is 9.90 Å². The van der Waals surface area contributed by atoms with Crippen molar-refractivity contribution in [1.29, 1.82) is 0 Å². The molecule has 3 saturated carbocycles. The third kappa shape index (κ3) is 1.80. The first-order valence-electron chi connectivity index (χ1n) is 8.94. The lowest BCUT2D eigenvalue weighted by Crippen LogP contribution is -2.52. The molecule has 7 atom stereocenters. The number of allylic oxidation sites excluding steroid dienone is 1. The number of Topliss-reactive ketones (excluding diaryl/α,β-unsaturated/α-hetero) is 1. The topological polar surface area (TPSA) is 37.3 Å². The summed E-state index contributed by atoms with van der Waals surface area (Å²) in [7, 11) is 0. The SMILES string of the molecule is C[C@]12CCC(O)C(Cl)C1=CC[C@@H]1[C@H]2CC[C@]2(C)C(=O)CC[C@@H]12. The Labute approximate surface area is 138 Å². The molecular formula is C19H27ClO2. The van der Waals surface area contributed by atoms with Crippen LogP contribution in [0.2, 0.25) is 0 Å². The Hall–Kier alpha value is -0.340. The van der Waals surface area contributed by atoms with Gasteiger partial charge in [-0.05, 0) is 67.3 Å². The lowest BCUT2D eigenvalue weighted by Gasteiger charge is -2.57. The van der Waals surface area contributed by atoms with Gasteiger partial charge in [-0.25, -0.2) is 0 Å². The first-order valence-corrected chi connectivity index (χ1v) is 9.37. The first kappa shape index (κ1) is 15.2. The molecule has 0 heterocycles. The van der Waals surface area contributed by atoms with Gasteiger partial charge in [0.25, 0.3) is 0 Å². The second-order valence-electron chi connectivity index (χ2n) is 8.62. The van der Waals surface area contributed by atoms with Crippen LogP contribution >= 0.6 is 11.6 Å². The van der Waals surface area contributed by atoms with Crippen LogP contribution in [0.1, 0.15) is 58.8 Å². The number of carbonyl (C=O) groups excluding carboxylic acids is 1. The molecule has 2 nitrogen and oxygen atoms in total. The summed E-state index contributed by atoms with van der Waals surface area (Å²) >= 11 is 6.55. The van der Waals surface area contributed by atoms with Gasteiger partial charge in [0.2, 0.25) is 0 Å². The van der Waals surface area contributed by atoms with Gasteiger partial charge in [0.05, 0.1) is 11.5 Å². The summed E-state index contributed by atoms with van der Waals surface area (Å²) in [4.78, 5) is 12.4. The average molecular weight is 323 g/mol. The number of hydrogen-bond donors (Lipinski definition) is 1. The number of ketones is 1. The molecule has 4 aliphatic rings. The number of rotatable bonds is 0. The summed E-state index contributed by atoms with van der Waals surface area (Å²) in [6, 6.07) is 0. The third-order valence-corrected chi connectivity index (χ3v) is 8.35. The lowest BCUT2D eigenvalue weighted by atomic mass is 9.48. The van der Waals surface area contributed by atoms with E-state index in [1.165, 1.54) is 5.57 Å². The molecule has 0 bridgehead atoms. The lowest BCUT2D eigenvalue weighted by molar-refractivity contribution is -0.131. The van der Waals surface area contributed by atoms with E-state index in [1.54, 1.807) is 0 Å². The van der Waals surface area contributed by atoms with Gasteiger partial charge >= 0.3 is 0 Å². The monoisotopic (exact) mass is 322 g/mol. The van der Waals surface area contributed by atoms with Gasteiger partial charge in [0.1, 0.15) is 5.78 Å². The Kier molecular flexibility index (Phi) is 3.34. The maximum absolute atomic E-state index is 12.4. The Balaban J connectivity index is 1.71. The number of halogens is 1. The largest absolute Gasteiger partial charge is 0.391 e. The Morgan fingerprint density at radius 1 is 1.14 bits per heavy atom. The highest BCUT2D eigenvalue weighted by molar-refractivity contribution is 6.23. The highest BCUT2D eigenvalue weighted by atomic mass is 35.5. The minimum Gasteiger partial charge on any atom is -0.391 e. The fourth-order valence-electron chi connectivity index (χ4n) is 6.45. The van der Waals surface area contributed by atoms with Crippen LogP contribution in [-0.4, -0.2) is 22.4 Å². The van der Waals surface area contributed by atoms with E-state index in [0.29, 0.717) is 23.5 Å². The Morgan fingerprint density at radius 2 is 1.82 bits per heavy atom. The van der Waals surface area contributed by atoms with Crippen LogP contribution in [0.15, 0.2) is 11.6 Å². The predicted octanol–water partition coefficient (Wildman–Crippen LogP) is 4.10. The maximum Gasteiger partial charge on any atom is 0.139 e. The molecule has 122 valence electrons. The number of carbonyl (C=O) groups is 1. The van der Waals surface area contributed by atoms with Gasteiger partial charge in [-0.3, -0.25) is 4.79 Å². The second kappa shape index (κ2) is 4.83. The average Bonchev–Trinajstić information content (AvgIpc) is 2.79. The van der Waals surface area contributed by atoms with E-state index in [0.717, 1.165) is 44.9 Å². The molecule has 4 rings (SSSR count). The van der Waals surface area contributed by atoms with Crippen LogP contribution in [-0.2, 0) is 4.79 Å². The molecule has 1 N–H and O–H groups in total. The van der Waals surface area contributed by atoms with Crippen LogP contribution in [0.3, 0.4) is 0 Å². The van der Waals surface area contributed by atoms with Crippen molar-refractivity contribution in [2.24, 2.45) is 28.6 Å². The van der Waals surface area contributed by atoms with E-state index in [1.807, 2.05) is 0 Å². The molecule has 4 aliphatic carbocycles. The molecule has 0 radical (unpaired) electrons. The van der Waals surface area contributed by atoms with Crippen LogP contribution in [0, 0.1) is 28.6 Å². The fraction of sp³-hybridized carbons (Fsp3) is 0.842. The molecule has 0 aromatic carbocycles. The van der Waals surface area contributed by atoms with Crippen molar-refractivity contribution in [2.45, 2.75) is 70.3 Å². The zero-order chi connectivity index (χ0) is 15.7. The highest BCUT2D eigenvalue weighted by Gasteiger charge is 2.59. The van der Waals surface area contributed by atoms with Crippen molar-refractivity contribution < 1.29 is 9.90 Å². The van der Waals surface area contributed by atoms with E-state index in [4.69, 9.17) is 11.6 Å². The van der Waals surface area contributed by atoms with Gasteiger partial charge < -0.3 is 5.11 Å². The first-order chi connectivity index (χ1) is 10.4. The van der Waals surface area contributed by atoms with Crippen LogP contribution in [0.25, 0.3) is 0 Å². The van der Waals surface area contributed by atoms with Gasteiger partial charge in [0.15, 0.2) is 0 Å². The van der Waals surface area contributed by atoms with E-state index in [-0.39, 0.29) is 22.3 Å². The normalized spacial score (nSPS) is 54.3. The molecule has 0 spiro atoms. The molecule has 0 amide bonds. The summed E-state index contributed by atoms with van der Waals surface area (Å²) in [6.07, 6.45) is 8.92. The Bertz CT molecular complexity index is 542. The summed E-state index contributed by atoms with van der Waals surface area (Å²) < 4.78 is 0. The van der Waals surface area contributed by atoms with Crippen molar-refractivity contribution in [2.75, 3.05) is 0 Å². The van der Waals surface area contributed by atoms with E-state index < -0.39 is 0 Å². The third-order valence-electron chi connectivity index (χ3n) is 7.83. The molecule has 0 aliphatic heterocycles. The fourth-order valence-corrected chi connectivity index (χ4v) is 6.91. The van der Waals surface area contributed by atoms with Gasteiger partial charge in [0, 0.05) is 11.8 Å². The number of aliphatic hydroxyl groups is 1. The van der Waals surface area contributed by atoms with Gasteiger partial charge in [-0.2, -0.15) is 0 Å². The minimum absolute atomic E-state index is 0.0581. The predicted molar refractivity (Wildman–Crippen MR) is 87.7 cm³/mol. The van der Waals surface area contributed by atoms with Gasteiger partial charge in [-0.15, -0.1) is 11.6 Å². The number of hydrogen-bond acceptors (Lipinski definition) is 2. The van der Waals surface area contributed by atoms with Crippen molar-refractivity contribution in [1.82, 2.24) is 0 Å². The molecule has 2 unspecified atom stereocenters.